The van der Waals surface area contributed by atoms with Crippen molar-refractivity contribution in [3.8, 4) is 0 Å². The van der Waals surface area contributed by atoms with E-state index in [1.54, 1.807) is 11.3 Å². The van der Waals surface area contributed by atoms with Crippen molar-refractivity contribution in [3.63, 3.8) is 0 Å². The molecule has 88 valence electrons. The van der Waals surface area contributed by atoms with Crippen molar-refractivity contribution in [1.82, 2.24) is 0 Å². The van der Waals surface area contributed by atoms with Crippen molar-refractivity contribution in [1.29, 1.82) is 0 Å². The van der Waals surface area contributed by atoms with Crippen LogP contribution in [0.25, 0.3) is 0 Å². The lowest BCUT2D eigenvalue weighted by Gasteiger charge is -2.10. The molecular formula is C13H10BrClOS. The molecule has 1 nitrogen and oxygen atoms in total. The maximum Gasteiger partial charge on any atom is 0.0753 e. The van der Waals surface area contributed by atoms with Gasteiger partial charge in [0.1, 0.15) is 0 Å². The molecule has 0 radical (unpaired) electrons. The van der Waals surface area contributed by atoms with Crippen LogP contribution in [0.4, 0.5) is 0 Å². The van der Waals surface area contributed by atoms with Gasteiger partial charge in [0.15, 0.2) is 0 Å². The summed E-state index contributed by atoms with van der Waals surface area (Å²) in [6, 6.07) is 8.43. The van der Waals surface area contributed by atoms with Gasteiger partial charge in [0.05, 0.1) is 23.1 Å². The van der Waals surface area contributed by atoms with Crippen molar-refractivity contribution >= 4 is 38.9 Å². The lowest BCUT2D eigenvalue weighted by Crippen LogP contribution is -1.93. The van der Waals surface area contributed by atoms with Crippen LogP contribution in [0.15, 0.2) is 29.6 Å². The summed E-state index contributed by atoms with van der Waals surface area (Å²) in [5.41, 5.74) is 3.82. The first kappa shape index (κ1) is 11.7. The van der Waals surface area contributed by atoms with Crippen molar-refractivity contribution in [2.24, 2.45) is 0 Å². The minimum atomic E-state index is 0.167. The number of fused-ring (bicyclic) bond motifs is 1. The highest BCUT2D eigenvalue weighted by atomic mass is 79.9. The Balaban J connectivity index is 1.97. The predicted octanol–water partition coefficient (Wildman–Crippen LogP) is 4.92. The van der Waals surface area contributed by atoms with E-state index in [1.165, 1.54) is 16.7 Å². The number of halogens is 2. The van der Waals surface area contributed by atoms with E-state index in [1.807, 2.05) is 11.4 Å². The van der Waals surface area contributed by atoms with Gasteiger partial charge in [-0.1, -0.05) is 45.7 Å². The van der Waals surface area contributed by atoms with Gasteiger partial charge < -0.3 is 4.74 Å². The van der Waals surface area contributed by atoms with E-state index >= 15 is 0 Å². The smallest absolute Gasteiger partial charge is 0.0753 e. The topological polar surface area (TPSA) is 9.23 Å². The van der Waals surface area contributed by atoms with Gasteiger partial charge in [0, 0.05) is 4.88 Å². The molecule has 0 spiro atoms. The average molecular weight is 330 g/mol. The highest BCUT2D eigenvalue weighted by Gasteiger charge is 2.18. The number of alkyl halides is 1. The molecule has 3 rings (SSSR count). The Morgan fingerprint density at radius 3 is 2.82 bits per heavy atom. The van der Waals surface area contributed by atoms with Crippen LogP contribution in [-0.2, 0) is 18.0 Å². The number of thiophene rings is 1. The van der Waals surface area contributed by atoms with Crippen molar-refractivity contribution in [2.45, 2.75) is 18.0 Å². The van der Waals surface area contributed by atoms with Crippen LogP contribution in [0.3, 0.4) is 0 Å². The summed E-state index contributed by atoms with van der Waals surface area (Å²) in [4.78, 5) is 1.33. The van der Waals surface area contributed by atoms with Gasteiger partial charge in [-0.15, -0.1) is 11.3 Å². The Labute approximate surface area is 118 Å². The summed E-state index contributed by atoms with van der Waals surface area (Å²) in [5.74, 6) is 0. The van der Waals surface area contributed by atoms with E-state index in [0.717, 1.165) is 23.1 Å². The van der Waals surface area contributed by atoms with Crippen LogP contribution in [0.2, 0.25) is 5.02 Å². The number of hydrogen-bond donors (Lipinski definition) is 0. The average Bonchev–Trinajstić information content (AvgIpc) is 2.95. The van der Waals surface area contributed by atoms with E-state index < -0.39 is 0 Å². The maximum atomic E-state index is 6.16. The van der Waals surface area contributed by atoms with E-state index in [4.69, 9.17) is 16.3 Å². The number of hydrogen-bond acceptors (Lipinski definition) is 2. The molecule has 4 heteroatoms. The molecule has 1 atom stereocenters. The van der Waals surface area contributed by atoms with Crippen LogP contribution < -0.4 is 0 Å². The van der Waals surface area contributed by atoms with Crippen LogP contribution in [0.1, 0.15) is 26.4 Å². The van der Waals surface area contributed by atoms with Gasteiger partial charge in [-0.2, -0.15) is 0 Å². The number of rotatable bonds is 2. The molecule has 2 aromatic rings. The lowest BCUT2D eigenvalue weighted by atomic mass is 10.0. The van der Waals surface area contributed by atoms with Crippen LogP contribution in [0, 0.1) is 0 Å². The number of ether oxygens (including phenoxy) is 1. The van der Waals surface area contributed by atoms with Gasteiger partial charge in [0.2, 0.25) is 0 Å². The molecule has 0 saturated heterocycles. The Kier molecular flexibility index (Phi) is 3.26. The Bertz CT molecular complexity index is 552. The molecule has 0 N–H and O–H groups in total. The Morgan fingerprint density at radius 2 is 2.06 bits per heavy atom. The monoisotopic (exact) mass is 328 g/mol. The molecule has 0 amide bonds. The molecule has 1 aromatic heterocycles. The second kappa shape index (κ2) is 4.73. The molecule has 0 bridgehead atoms. The summed E-state index contributed by atoms with van der Waals surface area (Å²) in [5, 5.41) is 2.84. The third kappa shape index (κ3) is 2.17. The Morgan fingerprint density at radius 1 is 1.24 bits per heavy atom. The van der Waals surface area contributed by atoms with Crippen LogP contribution in [-0.4, -0.2) is 0 Å². The molecule has 0 saturated carbocycles. The summed E-state index contributed by atoms with van der Waals surface area (Å²) in [6.07, 6.45) is 0. The zero-order valence-electron chi connectivity index (χ0n) is 8.95. The molecular weight excluding hydrogens is 320 g/mol. The zero-order valence-corrected chi connectivity index (χ0v) is 12.1. The zero-order chi connectivity index (χ0) is 11.8. The first-order valence-electron chi connectivity index (χ1n) is 5.32. The van der Waals surface area contributed by atoms with E-state index in [2.05, 4.69) is 34.1 Å². The minimum absolute atomic E-state index is 0.167. The SMILES string of the molecule is Clc1ccsc1C(Br)c1ccc2c(c1)COC2. The van der Waals surface area contributed by atoms with Crippen LogP contribution in [0.5, 0.6) is 0 Å². The summed E-state index contributed by atoms with van der Waals surface area (Å²) >= 11 is 11.6. The third-order valence-electron chi connectivity index (χ3n) is 2.91. The van der Waals surface area contributed by atoms with Gasteiger partial charge in [-0.05, 0) is 28.1 Å². The standard InChI is InChI=1S/C13H10BrClOS/c14-12(13-11(15)3-4-17-13)8-1-2-9-6-16-7-10(9)5-8/h1-5,12H,6-7H2. The van der Waals surface area contributed by atoms with E-state index in [9.17, 15) is 0 Å². The summed E-state index contributed by atoms with van der Waals surface area (Å²) < 4.78 is 5.43. The normalized spacial score (nSPS) is 15.9. The van der Waals surface area contributed by atoms with Crippen molar-refractivity contribution in [3.05, 3.63) is 56.2 Å². The first-order chi connectivity index (χ1) is 8.25. The van der Waals surface area contributed by atoms with Gasteiger partial charge in [-0.25, -0.2) is 0 Å². The predicted molar refractivity (Wildman–Crippen MR) is 75.0 cm³/mol. The van der Waals surface area contributed by atoms with E-state index in [-0.39, 0.29) is 4.83 Å². The minimum Gasteiger partial charge on any atom is -0.372 e. The molecule has 1 aliphatic heterocycles. The molecule has 17 heavy (non-hydrogen) atoms. The summed E-state index contributed by atoms with van der Waals surface area (Å²) in [7, 11) is 0. The lowest BCUT2D eigenvalue weighted by molar-refractivity contribution is 0.134. The molecule has 1 aliphatic rings. The van der Waals surface area contributed by atoms with Crippen LogP contribution >= 0.6 is 38.9 Å². The van der Waals surface area contributed by atoms with Gasteiger partial charge in [-0.3, -0.25) is 0 Å². The fourth-order valence-electron chi connectivity index (χ4n) is 1.99. The highest BCUT2D eigenvalue weighted by molar-refractivity contribution is 9.09. The largest absolute Gasteiger partial charge is 0.372 e. The second-order valence-electron chi connectivity index (χ2n) is 4.02. The molecule has 0 fully saturated rings. The Hall–Kier alpha value is -0.350. The molecule has 0 aliphatic carbocycles. The number of benzene rings is 1. The van der Waals surface area contributed by atoms with Gasteiger partial charge >= 0.3 is 0 Å². The van der Waals surface area contributed by atoms with Gasteiger partial charge in [0.25, 0.3) is 0 Å². The van der Waals surface area contributed by atoms with E-state index in [0.29, 0.717) is 0 Å². The first-order valence-corrected chi connectivity index (χ1v) is 7.49. The quantitative estimate of drug-likeness (QED) is 0.711. The summed E-state index contributed by atoms with van der Waals surface area (Å²) in [6.45, 7) is 1.46. The highest BCUT2D eigenvalue weighted by Crippen LogP contribution is 2.39. The fourth-order valence-corrected chi connectivity index (χ4v) is 4.14. The maximum absolute atomic E-state index is 6.16. The molecule has 1 unspecified atom stereocenters. The van der Waals surface area contributed by atoms with Crippen molar-refractivity contribution < 1.29 is 4.74 Å². The third-order valence-corrected chi connectivity index (χ3v) is 5.63. The van der Waals surface area contributed by atoms with Crippen molar-refractivity contribution in [2.75, 3.05) is 0 Å². The second-order valence-corrected chi connectivity index (χ2v) is 6.29. The fraction of sp³-hybridized carbons (Fsp3) is 0.231. The molecule has 1 aromatic carbocycles. The molecule has 2 heterocycles.